The van der Waals surface area contributed by atoms with Crippen molar-refractivity contribution in [3.8, 4) is 0 Å². The van der Waals surface area contributed by atoms with Crippen LogP contribution in [0.2, 0.25) is 0 Å². The summed E-state index contributed by atoms with van der Waals surface area (Å²) < 4.78 is 17.0. The molecule has 0 amide bonds. The highest BCUT2D eigenvalue weighted by Gasteiger charge is 2.27. The molecule has 0 aromatic heterocycles. The first-order chi connectivity index (χ1) is 12.6. The zero-order valence-electron chi connectivity index (χ0n) is 15.5. The Balaban J connectivity index is 1.96. The van der Waals surface area contributed by atoms with E-state index in [1.54, 1.807) is 5.82 Å². The number of hydrogen-bond donors (Lipinski definition) is 0. The highest BCUT2D eigenvalue weighted by molar-refractivity contribution is 7.62. The van der Waals surface area contributed by atoms with Gasteiger partial charge in [0, 0.05) is 13.1 Å². The third-order valence-electron chi connectivity index (χ3n) is 4.18. The van der Waals surface area contributed by atoms with E-state index >= 15 is 0 Å². The molecule has 26 heavy (non-hydrogen) atoms. The second-order valence-electron chi connectivity index (χ2n) is 6.08. The van der Waals surface area contributed by atoms with Crippen LogP contribution in [0.4, 0.5) is 0 Å². The lowest BCUT2D eigenvalue weighted by Gasteiger charge is -2.31. The Kier molecular flexibility index (Phi) is 7.80. The summed E-state index contributed by atoms with van der Waals surface area (Å²) in [6, 6.07) is 20.2. The molecule has 2 aromatic carbocycles. The van der Waals surface area contributed by atoms with Gasteiger partial charge in [0.25, 0.3) is 0 Å². The molecule has 0 fully saturated rings. The van der Waals surface area contributed by atoms with E-state index in [9.17, 15) is 4.57 Å². The first kappa shape index (κ1) is 20.1. The monoisotopic (exact) mass is 366 g/mol. The maximum absolute atomic E-state index is 13.3. The van der Waals surface area contributed by atoms with Crippen molar-refractivity contribution in [2.24, 2.45) is 0 Å². The van der Waals surface area contributed by atoms with Crippen LogP contribution < -0.4 is 0 Å². The van der Waals surface area contributed by atoms with Gasteiger partial charge in [0.05, 0.1) is 0 Å². The minimum atomic E-state index is -2.80. The summed E-state index contributed by atoms with van der Waals surface area (Å²) in [5.41, 5.74) is 2.27. The average molecular weight is 366 g/mol. The third kappa shape index (κ3) is 5.67. The molecule has 2 rings (SSSR count). The number of likely N-dealkylation sites (N-methyl/N-ethyl adjacent to an activating group) is 2. The van der Waals surface area contributed by atoms with Crippen LogP contribution in [0.1, 0.15) is 11.1 Å². The van der Waals surface area contributed by atoms with Crippen LogP contribution in [0.5, 0.6) is 0 Å². The van der Waals surface area contributed by atoms with Crippen molar-refractivity contribution in [3.05, 3.63) is 96.3 Å². The predicted molar refractivity (Wildman–Crippen MR) is 114 cm³/mol. The van der Waals surface area contributed by atoms with Crippen molar-refractivity contribution in [1.82, 2.24) is 9.34 Å². The van der Waals surface area contributed by atoms with Crippen molar-refractivity contribution in [2.75, 3.05) is 27.2 Å². The molecule has 0 radical (unpaired) electrons. The van der Waals surface area contributed by atoms with Crippen LogP contribution in [-0.2, 0) is 4.57 Å². The third-order valence-corrected chi connectivity index (χ3v) is 6.93. The van der Waals surface area contributed by atoms with E-state index in [1.807, 2.05) is 108 Å². The maximum atomic E-state index is 13.3. The summed E-state index contributed by atoms with van der Waals surface area (Å²) in [4.78, 5) is 0. The fraction of sp³-hybridized carbons (Fsp3) is 0.182. The molecule has 0 aliphatic heterocycles. The number of benzene rings is 2. The van der Waals surface area contributed by atoms with Gasteiger partial charge in [-0.1, -0.05) is 91.5 Å². The van der Waals surface area contributed by atoms with Gasteiger partial charge in [-0.05, 0) is 31.0 Å². The summed E-state index contributed by atoms with van der Waals surface area (Å²) in [6.07, 6.45) is 8.14. The van der Waals surface area contributed by atoms with Gasteiger partial charge in [-0.2, -0.15) is 0 Å². The molecule has 2 aromatic rings. The molecule has 0 atom stereocenters. The zero-order valence-corrected chi connectivity index (χ0v) is 16.4. The molecule has 0 bridgehead atoms. The highest BCUT2D eigenvalue weighted by Crippen LogP contribution is 2.52. The van der Waals surface area contributed by atoms with Crippen molar-refractivity contribution in [2.45, 2.75) is 0 Å². The van der Waals surface area contributed by atoms with Crippen LogP contribution in [0.15, 0.2) is 85.2 Å². The van der Waals surface area contributed by atoms with Gasteiger partial charge in [-0.3, -0.25) is 4.57 Å². The topological polar surface area (TPSA) is 23.6 Å². The van der Waals surface area contributed by atoms with E-state index in [0.29, 0.717) is 13.1 Å². The first-order valence-electron chi connectivity index (χ1n) is 8.66. The summed E-state index contributed by atoms with van der Waals surface area (Å²) in [6.45, 7) is 4.99. The fourth-order valence-corrected chi connectivity index (χ4v) is 4.32. The molecule has 0 unspecified atom stereocenters. The van der Waals surface area contributed by atoms with E-state index in [2.05, 4.69) is 6.58 Å². The van der Waals surface area contributed by atoms with E-state index < -0.39 is 7.44 Å². The highest BCUT2D eigenvalue weighted by atomic mass is 31.2. The Morgan fingerprint density at radius 2 is 1.19 bits per heavy atom. The summed E-state index contributed by atoms with van der Waals surface area (Å²) in [5.74, 6) is 1.57. The Labute approximate surface area is 157 Å². The lowest BCUT2D eigenvalue weighted by atomic mass is 10.2. The van der Waals surface area contributed by atoms with Gasteiger partial charge in [0.2, 0.25) is 7.44 Å². The van der Waals surface area contributed by atoms with Gasteiger partial charge in [-0.15, -0.1) is 0 Å². The minimum absolute atomic E-state index is 0.588. The van der Waals surface area contributed by atoms with Gasteiger partial charge < -0.3 is 0 Å². The molecular formula is C22H27N2OP. The second-order valence-corrected chi connectivity index (χ2v) is 8.99. The zero-order chi connectivity index (χ0) is 18.8. The van der Waals surface area contributed by atoms with Crippen LogP contribution >= 0.6 is 7.44 Å². The van der Waals surface area contributed by atoms with Crippen LogP contribution in [0.3, 0.4) is 0 Å². The van der Waals surface area contributed by atoms with Crippen molar-refractivity contribution >= 4 is 19.6 Å². The van der Waals surface area contributed by atoms with Gasteiger partial charge in [0.1, 0.15) is 0 Å². The standard InChI is InChI=1S/C22H27N2OP/c1-4-26(25,23(2)19-11-17-21-13-7-5-8-14-21)24(3)20-12-18-22-15-9-6-10-16-22/h4-18H,1,19-20H2,2-3H3/b17-11+,18-12+. The molecule has 0 N–H and O–H groups in total. The fourth-order valence-electron chi connectivity index (χ4n) is 2.58. The molecule has 4 heteroatoms. The minimum Gasteiger partial charge on any atom is -0.284 e. The van der Waals surface area contributed by atoms with Crippen molar-refractivity contribution < 1.29 is 4.57 Å². The second kappa shape index (κ2) is 10.1. The summed E-state index contributed by atoms with van der Waals surface area (Å²) in [5, 5.41) is 0. The Morgan fingerprint density at radius 1 is 0.808 bits per heavy atom. The largest absolute Gasteiger partial charge is 0.284 e. The Morgan fingerprint density at radius 3 is 1.54 bits per heavy atom. The number of hydrogen-bond acceptors (Lipinski definition) is 1. The maximum Gasteiger partial charge on any atom is 0.238 e. The van der Waals surface area contributed by atoms with Crippen molar-refractivity contribution in [3.63, 3.8) is 0 Å². The SMILES string of the molecule is C=CP(=O)(N(C)C/C=C/c1ccccc1)N(C)C/C=C/c1ccccc1. The summed E-state index contributed by atoms with van der Waals surface area (Å²) >= 11 is 0. The average Bonchev–Trinajstić information content (AvgIpc) is 2.68. The van der Waals surface area contributed by atoms with Crippen molar-refractivity contribution in [1.29, 1.82) is 0 Å². The molecule has 136 valence electrons. The van der Waals surface area contributed by atoms with E-state index in [1.165, 1.54) is 0 Å². The molecule has 0 saturated heterocycles. The molecule has 0 spiro atoms. The molecule has 0 aliphatic rings. The summed E-state index contributed by atoms with van der Waals surface area (Å²) in [7, 11) is 0.944. The van der Waals surface area contributed by atoms with Gasteiger partial charge in [-0.25, -0.2) is 9.34 Å². The molecule has 0 saturated carbocycles. The van der Waals surface area contributed by atoms with Crippen LogP contribution in [0, 0.1) is 0 Å². The lowest BCUT2D eigenvalue weighted by molar-refractivity contribution is 0.430. The number of rotatable bonds is 9. The van der Waals surface area contributed by atoms with E-state index in [4.69, 9.17) is 0 Å². The smallest absolute Gasteiger partial charge is 0.238 e. The van der Waals surface area contributed by atoms with E-state index in [-0.39, 0.29) is 0 Å². The molecule has 0 aliphatic carbocycles. The Hall–Kier alpha value is -2.19. The normalized spacial score (nSPS) is 12.5. The van der Waals surface area contributed by atoms with E-state index in [0.717, 1.165) is 11.1 Å². The molecular weight excluding hydrogens is 339 g/mol. The van der Waals surface area contributed by atoms with Crippen LogP contribution in [0.25, 0.3) is 12.2 Å². The van der Waals surface area contributed by atoms with Crippen LogP contribution in [-0.4, -0.2) is 36.5 Å². The lowest BCUT2D eigenvalue weighted by Crippen LogP contribution is -2.26. The molecule has 3 nitrogen and oxygen atoms in total. The number of nitrogens with zero attached hydrogens (tertiary/aromatic N) is 2. The quantitative estimate of drug-likeness (QED) is 0.539. The first-order valence-corrected chi connectivity index (χ1v) is 10.3. The van der Waals surface area contributed by atoms with Gasteiger partial charge >= 0.3 is 0 Å². The predicted octanol–water partition coefficient (Wildman–Crippen LogP) is 5.61. The van der Waals surface area contributed by atoms with Gasteiger partial charge in [0.15, 0.2) is 0 Å². The molecule has 0 heterocycles. The Bertz CT molecular complexity index is 723.